The molecule has 128 valence electrons. The molecule has 0 atom stereocenters. The molecule has 0 fully saturated rings. The first-order chi connectivity index (χ1) is 12.7. The van der Waals surface area contributed by atoms with Crippen molar-refractivity contribution < 1.29 is 4.74 Å². The van der Waals surface area contributed by atoms with Gasteiger partial charge in [0, 0.05) is 29.9 Å². The van der Waals surface area contributed by atoms with Crippen molar-refractivity contribution >= 4 is 33.4 Å². The monoisotopic (exact) mass is 359 g/mol. The zero-order valence-corrected chi connectivity index (χ0v) is 14.8. The average Bonchev–Trinajstić information content (AvgIpc) is 2.67. The molecule has 1 aliphatic heterocycles. The van der Waals surface area contributed by atoms with E-state index in [4.69, 9.17) is 10.1 Å². The molecule has 2 heterocycles. The Morgan fingerprint density at radius 1 is 1.19 bits per heavy atom. The summed E-state index contributed by atoms with van der Waals surface area (Å²) in [5.41, 5.74) is 3.16. The molecule has 4 rings (SSSR count). The first kappa shape index (κ1) is 16.4. The van der Waals surface area contributed by atoms with Crippen LogP contribution in [0.1, 0.15) is 5.56 Å². The van der Waals surface area contributed by atoms with Gasteiger partial charge in [0.1, 0.15) is 10.8 Å². The summed E-state index contributed by atoms with van der Waals surface area (Å²) in [6.45, 7) is 4.37. The number of hydrogen-bond donors (Lipinski definition) is 2. The fraction of sp³-hybridized carbons (Fsp3) is 0.0476. The maximum atomic E-state index is 8.00. The molecule has 0 spiro atoms. The number of fused-ring (bicyclic) bond motifs is 2. The fourth-order valence-electron chi connectivity index (χ4n) is 2.83. The molecule has 26 heavy (non-hydrogen) atoms. The molecule has 4 nitrogen and oxygen atoms in total. The Labute approximate surface area is 156 Å². The van der Waals surface area contributed by atoms with Crippen LogP contribution in [0, 0.1) is 5.41 Å². The summed E-state index contributed by atoms with van der Waals surface area (Å²) in [5.74, 6) is 1.28. The summed E-state index contributed by atoms with van der Waals surface area (Å²) in [7, 11) is 0. The van der Waals surface area contributed by atoms with Crippen molar-refractivity contribution in [1.82, 2.24) is 4.98 Å². The molecule has 2 aromatic carbocycles. The van der Waals surface area contributed by atoms with Crippen LogP contribution in [-0.4, -0.2) is 10.0 Å². The van der Waals surface area contributed by atoms with Crippen molar-refractivity contribution in [3.05, 3.63) is 84.8 Å². The number of pyridine rings is 1. The van der Waals surface area contributed by atoms with Crippen LogP contribution in [0.5, 0.6) is 5.75 Å². The SMILES string of the molecule is C=C/C=C1/Oc2cc(NCc3ccnc4ccccc34)ccc2SC1=N. The van der Waals surface area contributed by atoms with Crippen LogP contribution < -0.4 is 10.1 Å². The molecule has 5 heteroatoms. The third-order valence-electron chi connectivity index (χ3n) is 4.09. The van der Waals surface area contributed by atoms with E-state index in [2.05, 4.69) is 22.9 Å². The molecule has 3 aromatic rings. The second-order valence-electron chi connectivity index (χ2n) is 5.80. The lowest BCUT2D eigenvalue weighted by Gasteiger charge is -2.20. The number of allylic oxidation sites excluding steroid dienone is 2. The van der Waals surface area contributed by atoms with E-state index in [1.165, 1.54) is 17.3 Å². The van der Waals surface area contributed by atoms with Crippen LogP contribution in [0.4, 0.5) is 5.69 Å². The topological polar surface area (TPSA) is 58.0 Å². The minimum atomic E-state index is 0.390. The van der Waals surface area contributed by atoms with Crippen molar-refractivity contribution in [2.75, 3.05) is 5.32 Å². The number of para-hydroxylation sites is 1. The summed E-state index contributed by atoms with van der Waals surface area (Å²) in [6.07, 6.45) is 5.18. The predicted octanol–water partition coefficient (Wildman–Crippen LogP) is 5.38. The highest BCUT2D eigenvalue weighted by atomic mass is 32.2. The molecule has 0 radical (unpaired) electrons. The first-order valence-electron chi connectivity index (χ1n) is 8.22. The van der Waals surface area contributed by atoms with E-state index in [1.54, 1.807) is 12.2 Å². The van der Waals surface area contributed by atoms with Gasteiger partial charge in [0.05, 0.1) is 10.4 Å². The van der Waals surface area contributed by atoms with Gasteiger partial charge in [-0.05, 0) is 35.9 Å². The maximum absolute atomic E-state index is 8.00. The standard InChI is InChI=1S/C21H17N3OS/c1-2-5-18-21(22)26-20-9-8-15(12-19(20)25-18)24-13-14-10-11-23-17-7-4-3-6-16(14)17/h2-12,22,24H,1,13H2/b18-5+,22-21?. The third kappa shape index (κ3) is 3.21. The van der Waals surface area contributed by atoms with Crippen LogP contribution in [0.15, 0.2) is 84.1 Å². The van der Waals surface area contributed by atoms with E-state index in [0.29, 0.717) is 17.3 Å². The number of hydrogen-bond acceptors (Lipinski definition) is 5. The molecule has 0 saturated carbocycles. The number of thioether (sulfide) groups is 1. The average molecular weight is 359 g/mol. The molecule has 0 saturated heterocycles. The number of aromatic nitrogens is 1. The summed E-state index contributed by atoms with van der Waals surface area (Å²) in [5, 5.41) is 13.0. The molecule has 0 aliphatic carbocycles. The van der Waals surface area contributed by atoms with E-state index in [1.807, 2.05) is 48.7 Å². The summed E-state index contributed by atoms with van der Waals surface area (Å²) >= 11 is 1.39. The van der Waals surface area contributed by atoms with Crippen LogP contribution in [0.2, 0.25) is 0 Å². The van der Waals surface area contributed by atoms with Gasteiger partial charge in [0.15, 0.2) is 5.76 Å². The second-order valence-corrected chi connectivity index (χ2v) is 6.85. The van der Waals surface area contributed by atoms with Crippen LogP contribution >= 0.6 is 11.8 Å². The van der Waals surface area contributed by atoms with Gasteiger partial charge in [-0.25, -0.2) is 0 Å². The molecular formula is C21H17N3OS. The first-order valence-corrected chi connectivity index (χ1v) is 9.04. The van der Waals surface area contributed by atoms with Crippen molar-refractivity contribution in [2.24, 2.45) is 0 Å². The number of anilines is 1. The van der Waals surface area contributed by atoms with E-state index >= 15 is 0 Å². The molecule has 1 aromatic heterocycles. The predicted molar refractivity (Wildman–Crippen MR) is 108 cm³/mol. The van der Waals surface area contributed by atoms with Crippen LogP contribution in [0.3, 0.4) is 0 Å². The van der Waals surface area contributed by atoms with Crippen molar-refractivity contribution in [3.63, 3.8) is 0 Å². The summed E-state index contributed by atoms with van der Waals surface area (Å²) < 4.78 is 5.84. The van der Waals surface area contributed by atoms with Crippen molar-refractivity contribution in [2.45, 2.75) is 11.4 Å². The highest BCUT2D eigenvalue weighted by Crippen LogP contribution is 2.39. The van der Waals surface area contributed by atoms with Crippen molar-refractivity contribution in [1.29, 1.82) is 5.41 Å². The normalized spacial score (nSPS) is 14.8. The zero-order valence-electron chi connectivity index (χ0n) is 14.0. The van der Waals surface area contributed by atoms with E-state index in [-0.39, 0.29) is 0 Å². The summed E-state index contributed by atoms with van der Waals surface area (Å²) in [4.78, 5) is 5.34. The van der Waals surface area contributed by atoms with Gasteiger partial charge >= 0.3 is 0 Å². The maximum Gasteiger partial charge on any atom is 0.159 e. The highest BCUT2D eigenvalue weighted by molar-refractivity contribution is 8.14. The van der Waals surface area contributed by atoms with Crippen molar-refractivity contribution in [3.8, 4) is 5.75 Å². The molecule has 2 N–H and O–H groups in total. The lowest BCUT2D eigenvalue weighted by Crippen LogP contribution is -2.10. The number of nitrogens with one attached hydrogen (secondary N) is 2. The molecule has 0 bridgehead atoms. The minimum Gasteiger partial charge on any atom is -0.453 e. The Kier molecular flexibility index (Phi) is 4.46. The van der Waals surface area contributed by atoms with Gasteiger partial charge in [-0.15, -0.1) is 0 Å². The molecule has 0 unspecified atom stereocenters. The highest BCUT2D eigenvalue weighted by Gasteiger charge is 2.20. The third-order valence-corrected chi connectivity index (χ3v) is 5.05. The Morgan fingerprint density at radius 2 is 2.08 bits per heavy atom. The van der Waals surface area contributed by atoms with Gasteiger partial charge < -0.3 is 10.1 Å². The lowest BCUT2D eigenvalue weighted by molar-refractivity contribution is 0.442. The van der Waals surface area contributed by atoms with Gasteiger partial charge in [-0.2, -0.15) is 0 Å². The Hall–Kier alpha value is -3.05. The minimum absolute atomic E-state index is 0.390. The van der Waals surface area contributed by atoms with Crippen LogP contribution in [-0.2, 0) is 6.54 Å². The van der Waals surface area contributed by atoms with Gasteiger partial charge in [0.25, 0.3) is 0 Å². The number of nitrogens with zero attached hydrogens (tertiary/aromatic N) is 1. The quantitative estimate of drug-likeness (QED) is 0.657. The van der Waals surface area contributed by atoms with Gasteiger partial charge in [-0.1, -0.05) is 42.6 Å². The second kappa shape index (κ2) is 7.06. The van der Waals surface area contributed by atoms with Gasteiger partial charge in [-0.3, -0.25) is 10.4 Å². The van der Waals surface area contributed by atoms with Crippen LogP contribution in [0.25, 0.3) is 10.9 Å². The number of benzene rings is 2. The Bertz CT molecular complexity index is 1040. The smallest absolute Gasteiger partial charge is 0.159 e. The fourth-order valence-corrected chi connectivity index (χ4v) is 3.60. The summed E-state index contributed by atoms with van der Waals surface area (Å²) in [6, 6.07) is 16.1. The Morgan fingerprint density at radius 3 is 2.96 bits per heavy atom. The largest absolute Gasteiger partial charge is 0.453 e. The number of rotatable bonds is 4. The van der Waals surface area contributed by atoms with Gasteiger partial charge in [0.2, 0.25) is 0 Å². The lowest BCUT2D eigenvalue weighted by atomic mass is 10.1. The van der Waals surface area contributed by atoms with E-state index in [9.17, 15) is 0 Å². The molecule has 0 amide bonds. The van der Waals surface area contributed by atoms with E-state index < -0.39 is 0 Å². The molecular weight excluding hydrogens is 342 g/mol. The zero-order chi connectivity index (χ0) is 17.9. The van der Waals surface area contributed by atoms with E-state index in [0.717, 1.165) is 27.2 Å². The number of ether oxygens (including phenoxy) is 1. The Balaban J connectivity index is 1.56. The molecule has 1 aliphatic rings.